The van der Waals surface area contributed by atoms with Crippen LogP contribution >= 0.6 is 0 Å². The molecule has 19 heavy (non-hydrogen) atoms. The molecule has 0 bridgehead atoms. The van der Waals surface area contributed by atoms with E-state index < -0.39 is 0 Å². The number of phenolic OH excluding ortho intramolecular Hbond substituents is 1. The van der Waals surface area contributed by atoms with Gasteiger partial charge in [0.1, 0.15) is 5.75 Å². The first-order chi connectivity index (χ1) is 9.13. The van der Waals surface area contributed by atoms with E-state index in [1.54, 1.807) is 0 Å². The van der Waals surface area contributed by atoms with Crippen LogP contribution in [0.1, 0.15) is 29.2 Å². The van der Waals surface area contributed by atoms with Crippen molar-refractivity contribution in [3.05, 3.63) is 28.8 Å². The summed E-state index contributed by atoms with van der Waals surface area (Å²) in [6.07, 6.45) is 0.518. The molecule has 0 unspecified atom stereocenters. The fraction of sp³-hybridized carbons (Fsp3) is 0.600. The van der Waals surface area contributed by atoms with E-state index in [0.29, 0.717) is 12.2 Å². The SMILES string of the molecule is Cc1cc([C@@H](CCF)N2CCNCC2)cc(C)c1O. The van der Waals surface area contributed by atoms with E-state index in [-0.39, 0.29) is 12.7 Å². The summed E-state index contributed by atoms with van der Waals surface area (Å²) in [7, 11) is 0. The molecule has 1 atom stereocenters. The number of halogens is 1. The molecule has 4 heteroatoms. The second-order valence-electron chi connectivity index (χ2n) is 5.28. The molecule has 2 N–H and O–H groups in total. The van der Waals surface area contributed by atoms with E-state index in [1.807, 2.05) is 26.0 Å². The van der Waals surface area contributed by atoms with Gasteiger partial charge in [-0.05, 0) is 37.0 Å². The van der Waals surface area contributed by atoms with Gasteiger partial charge in [0, 0.05) is 32.2 Å². The van der Waals surface area contributed by atoms with Crippen LogP contribution in [0.25, 0.3) is 0 Å². The van der Waals surface area contributed by atoms with Gasteiger partial charge >= 0.3 is 0 Å². The molecule has 1 fully saturated rings. The van der Waals surface area contributed by atoms with Crippen LogP contribution in [-0.4, -0.2) is 42.9 Å². The van der Waals surface area contributed by atoms with Crippen molar-refractivity contribution in [2.45, 2.75) is 26.3 Å². The minimum atomic E-state index is -0.312. The van der Waals surface area contributed by atoms with E-state index in [2.05, 4.69) is 10.2 Å². The predicted molar refractivity (Wildman–Crippen MR) is 75.4 cm³/mol. The number of rotatable bonds is 4. The zero-order valence-corrected chi connectivity index (χ0v) is 11.7. The molecule has 106 valence electrons. The number of benzene rings is 1. The second-order valence-corrected chi connectivity index (χ2v) is 5.28. The van der Waals surface area contributed by atoms with E-state index in [1.165, 1.54) is 0 Å². The van der Waals surface area contributed by atoms with Crippen LogP contribution in [0, 0.1) is 13.8 Å². The highest BCUT2D eigenvalue weighted by Gasteiger charge is 2.22. The molecule has 1 aliphatic rings. The third-order valence-corrected chi connectivity index (χ3v) is 3.87. The normalized spacial score (nSPS) is 18.5. The number of alkyl halides is 1. The monoisotopic (exact) mass is 266 g/mol. The number of nitrogens with zero attached hydrogens (tertiary/aromatic N) is 1. The van der Waals surface area contributed by atoms with Gasteiger partial charge in [-0.3, -0.25) is 9.29 Å². The Kier molecular flexibility index (Phi) is 4.77. The summed E-state index contributed by atoms with van der Waals surface area (Å²) in [4.78, 5) is 2.33. The number of aryl methyl sites for hydroxylation is 2. The van der Waals surface area contributed by atoms with Gasteiger partial charge < -0.3 is 10.4 Å². The summed E-state index contributed by atoms with van der Waals surface area (Å²) in [5.74, 6) is 0.350. The highest BCUT2D eigenvalue weighted by atomic mass is 19.1. The molecule has 0 amide bonds. The van der Waals surface area contributed by atoms with Crippen LogP contribution in [0.15, 0.2) is 12.1 Å². The summed E-state index contributed by atoms with van der Waals surface area (Å²) in [6.45, 7) is 7.30. The average Bonchev–Trinajstić information content (AvgIpc) is 2.42. The lowest BCUT2D eigenvalue weighted by Crippen LogP contribution is -2.45. The highest BCUT2D eigenvalue weighted by Crippen LogP contribution is 2.31. The van der Waals surface area contributed by atoms with Crippen LogP contribution in [0.4, 0.5) is 4.39 Å². The fourth-order valence-electron chi connectivity index (χ4n) is 2.84. The molecule has 0 aliphatic carbocycles. The Morgan fingerprint density at radius 3 is 2.37 bits per heavy atom. The third-order valence-electron chi connectivity index (χ3n) is 3.87. The number of hydrogen-bond donors (Lipinski definition) is 2. The first-order valence-corrected chi connectivity index (χ1v) is 6.94. The molecule has 3 nitrogen and oxygen atoms in total. The molecule has 1 heterocycles. The molecule has 1 saturated heterocycles. The lowest BCUT2D eigenvalue weighted by Gasteiger charge is -2.35. The van der Waals surface area contributed by atoms with Crippen LogP contribution in [0.2, 0.25) is 0 Å². The predicted octanol–water partition coefficient (Wildman–Crippen LogP) is 2.31. The Hall–Kier alpha value is -1.13. The maximum absolute atomic E-state index is 12.9. The average molecular weight is 266 g/mol. The molecule has 1 aliphatic heterocycles. The van der Waals surface area contributed by atoms with Gasteiger partial charge in [0.15, 0.2) is 0 Å². The van der Waals surface area contributed by atoms with Gasteiger partial charge in [-0.1, -0.05) is 12.1 Å². The smallest absolute Gasteiger partial charge is 0.121 e. The van der Waals surface area contributed by atoms with Crippen LogP contribution in [0.5, 0.6) is 5.75 Å². The molecule has 0 spiro atoms. The summed E-state index contributed by atoms with van der Waals surface area (Å²) < 4.78 is 12.9. The van der Waals surface area contributed by atoms with Gasteiger partial charge in [-0.25, -0.2) is 0 Å². The van der Waals surface area contributed by atoms with Crippen molar-refractivity contribution < 1.29 is 9.50 Å². The van der Waals surface area contributed by atoms with Crippen molar-refractivity contribution >= 4 is 0 Å². The minimum Gasteiger partial charge on any atom is -0.507 e. The standard InChI is InChI=1S/C15H23FN2O/c1-11-9-13(10-12(2)15(11)19)14(3-4-16)18-7-5-17-6-8-18/h9-10,14,17,19H,3-8H2,1-2H3/t14-/m1/s1. The van der Waals surface area contributed by atoms with Crippen molar-refractivity contribution in [3.8, 4) is 5.75 Å². The first-order valence-electron chi connectivity index (χ1n) is 6.94. The fourth-order valence-corrected chi connectivity index (χ4v) is 2.84. The molecule has 0 radical (unpaired) electrons. The summed E-state index contributed by atoms with van der Waals surface area (Å²) in [6, 6.07) is 4.10. The van der Waals surface area contributed by atoms with E-state index in [0.717, 1.165) is 42.9 Å². The van der Waals surface area contributed by atoms with E-state index >= 15 is 0 Å². The van der Waals surface area contributed by atoms with E-state index in [4.69, 9.17) is 0 Å². The number of piperazine rings is 1. The molecular weight excluding hydrogens is 243 g/mol. The van der Waals surface area contributed by atoms with Crippen molar-refractivity contribution in [1.29, 1.82) is 0 Å². The van der Waals surface area contributed by atoms with Crippen molar-refractivity contribution in [1.82, 2.24) is 10.2 Å². The van der Waals surface area contributed by atoms with Gasteiger partial charge in [-0.2, -0.15) is 0 Å². The van der Waals surface area contributed by atoms with E-state index in [9.17, 15) is 9.50 Å². The summed E-state index contributed by atoms with van der Waals surface area (Å²) in [5, 5.41) is 13.2. The number of hydrogen-bond acceptors (Lipinski definition) is 3. The van der Waals surface area contributed by atoms with Gasteiger partial charge in [0.05, 0.1) is 6.67 Å². The first kappa shape index (κ1) is 14.3. The zero-order chi connectivity index (χ0) is 13.8. The topological polar surface area (TPSA) is 35.5 Å². The van der Waals surface area contributed by atoms with Crippen LogP contribution in [-0.2, 0) is 0 Å². The van der Waals surface area contributed by atoms with Gasteiger partial charge in [0.25, 0.3) is 0 Å². The Balaban J connectivity index is 2.27. The second kappa shape index (κ2) is 6.35. The maximum atomic E-state index is 12.9. The Bertz CT molecular complexity index is 407. The lowest BCUT2D eigenvalue weighted by molar-refractivity contribution is 0.157. The maximum Gasteiger partial charge on any atom is 0.121 e. The molecule has 1 aromatic rings. The van der Waals surface area contributed by atoms with Crippen LogP contribution < -0.4 is 5.32 Å². The molecule has 2 rings (SSSR count). The number of nitrogens with one attached hydrogen (secondary N) is 1. The molecule has 0 saturated carbocycles. The molecule has 0 aromatic heterocycles. The highest BCUT2D eigenvalue weighted by molar-refractivity contribution is 5.43. The third kappa shape index (κ3) is 3.25. The van der Waals surface area contributed by atoms with Gasteiger partial charge in [0.2, 0.25) is 0 Å². The van der Waals surface area contributed by atoms with Gasteiger partial charge in [-0.15, -0.1) is 0 Å². The van der Waals surface area contributed by atoms with Crippen LogP contribution in [0.3, 0.4) is 0 Å². The number of aromatic hydroxyl groups is 1. The Morgan fingerprint density at radius 2 is 1.84 bits per heavy atom. The Morgan fingerprint density at radius 1 is 1.26 bits per heavy atom. The summed E-state index contributed by atoms with van der Waals surface area (Å²) >= 11 is 0. The van der Waals surface area contributed by atoms with Crippen molar-refractivity contribution in [3.63, 3.8) is 0 Å². The Labute approximate surface area is 114 Å². The lowest BCUT2D eigenvalue weighted by atomic mass is 9.97. The number of phenols is 1. The zero-order valence-electron chi connectivity index (χ0n) is 11.7. The molecule has 1 aromatic carbocycles. The summed E-state index contributed by atoms with van der Waals surface area (Å²) in [5.41, 5.74) is 2.86. The van der Waals surface area contributed by atoms with Crippen molar-refractivity contribution in [2.24, 2.45) is 0 Å². The minimum absolute atomic E-state index is 0.116. The quantitative estimate of drug-likeness (QED) is 0.878. The van der Waals surface area contributed by atoms with Crippen molar-refractivity contribution in [2.75, 3.05) is 32.9 Å². The largest absolute Gasteiger partial charge is 0.507 e. The molecular formula is C15H23FN2O.